The van der Waals surface area contributed by atoms with E-state index < -0.39 is 12.5 Å². The summed E-state index contributed by atoms with van der Waals surface area (Å²) in [5, 5.41) is 2.51. The molecule has 1 fully saturated rings. The summed E-state index contributed by atoms with van der Waals surface area (Å²) in [5.74, 6) is -1.02. The second kappa shape index (κ2) is 7.57. The van der Waals surface area contributed by atoms with E-state index in [0.29, 0.717) is 12.2 Å². The maximum absolute atomic E-state index is 14.3. The Bertz CT molecular complexity index is 822. The molecule has 0 saturated carbocycles. The van der Waals surface area contributed by atoms with Crippen LogP contribution in [0.25, 0.3) is 5.69 Å². The first-order chi connectivity index (χ1) is 12.1. The van der Waals surface area contributed by atoms with Crippen LogP contribution >= 0.6 is 0 Å². The average molecular weight is 347 g/mol. The normalized spacial score (nSPS) is 17.6. The molecule has 5 nitrogen and oxygen atoms in total. The van der Waals surface area contributed by atoms with Gasteiger partial charge < -0.3 is 5.32 Å². The minimum Gasteiger partial charge on any atom is -0.322 e. The molecule has 0 bridgehead atoms. The van der Waals surface area contributed by atoms with Crippen LogP contribution in [0.1, 0.15) is 12.8 Å². The van der Waals surface area contributed by atoms with Crippen LogP contribution in [0.2, 0.25) is 0 Å². The predicted octanol–water partition coefficient (Wildman–Crippen LogP) is 2.35. The van der Waals surface area contributed by atoms with Crippen LogP contribution in [0.4, 0.5) is 14.5 Å². The minimum absolute atomic E-state index is 0.0356. The molecular formula is C18H19F2N3O2. The van der Waals surface area contributed by atoms with E-state index >= 15 is 0 Å². The number of anilines is 1. The summed E-state index contributed by atoms with van der Waals surface area (Å²) >= 11 is 0. The standard InChI is InChI=1S/C18H19F2N3O2/c19-11-14-4-3-8-22(14)12-17(24)21-16-7-6-13(10-15(16)20)23-9-2-1-5-18(23)25/h1-2,5-7,9-10,14H,3-4,8,11-12H2,(H,21,24). The summed E-state index contributed by atoms with van der Waals surface area (Å²) in [4.78, 5) is 25.6. The zero-order valence-electron chi connectivity index (χ0n) is 13.6. The number of benzene rings is 1. The third kappa shape index (κ3) is 3.93. The van der Waals surface area contributed by atoms with Gasteiger partial charge in [0.2, 0.25) is 5.91 Å². The van der Waals surface area contributed by atoms with E-state index in [-0.39, 0.29) is 29.7 Å². The second-order valence-corrected chi connectivity index (χ2v) is 6.04. The SMILES string of the molecule is O=C(CN1CCCC1CF)Nc1ccc(-n2ccccc2=O)cc1F. The fourth-order valence-corrected chi connectivity index (χ4v) is 3.05. The number of amides is 1. The Hall–Kier alpha value is -2.54. The molecule has 1 aromatic heterocycles. The van der Waals surface area contributed by atoms with Gasteiger partial charge in [0.15, 0.2) is 0 Å². The van der Waals surface area contributed by atoms with E-state index in [9.17, 15) is 18.4 Å². The molecule has 2 heterocycles. The number of rotatable bonds is 5. The van der Waals surface area contributed by atoms with E-state index in [1.165, 1.54) is 22.8 Å². The van der Waals surface area contributed by atoms with Crippen molar-refractivity contribution in [1.29, 1.82) is 0 Å². The number of hydrogen-bond acceptors (Lipinski definition) is 3. The van der Waals surface area contributed by atoms with Gasteiger partial charge in [0, 0.05) is 24.4 Å². The first-order valence-corrected chi connectivity index (χ1v) is 8.16. The van der Waals surface area contributed by atoms with E-state index in [1.54, 1.807) is 29.3 Å². The van der Waals surface area contributed by atoms with E-state index in [1.807, 2.05) is 0 Å². The smallest absolute Gasteiger partial charge is 0.255 e. The molecule has 0 radical (unpaired) electrons. The van der Waals surface area contributed by atoms with Crippen LogP contribution in [0.3, 0.4) is 0 Å². The molecule has 1 aromatic carbocycles. The molecule has 1 unspecified atom stereocenters. The molecule has 132 valence electrons. The lowest BCUT2D eigenvalue weighted by atomic mass is 10.2. The first-order valence-electron chi connectivity index (χ1n) is 8.16. The molecule has 1 saturated heterocycles. The summed E-state index contributed by atoms with van der Waals surface area (Å²) in [6, 6.07) is 8.59. The van der Waals surface area contributed by atoms with Crippen molar-refractivity contribution >= 4 is 11.6 Å². The van der Waals surface area contributed by atoms with Crippen molar-refractivity contribution in [3.05, 3.63) is 58.8 Å². The van der Waals surface area contributed by atoms with E-state index in [2.05, 4.69) is 5.32 Å². The largest absolute Gasteiger partial charge is 0.322 e. The van der Waals surface area contributed by atoms with Crippen molar-refractivity contribution in [2.24, 2.45) is 0 Å². The molecule has 1 amide bonds. The number of nitrogens with zero attached hydrogens (tertiary/aromatic N) is 2. The van der Waals surface area contributed by atoms with Gasteiger partial charge in [0.25, 0.3) is 5.56 Å². The molecule has 0 aliphatic carbocycles. The second-order valence-electron chi connectivity index (χ2n) is 6.04. The van der Waals surface area contributed by atoms with Crippen LogP contribution in [0.15, 0.2) is 47.4 Å². The summed E-state index contributed by atoms with van der Waals surface area (Å²) in [5.41, 5.74) is 0.136. The Morgan fingerprint density at radius 2 is 2.12 bits per heavy atom. The highest BCUT2D eigenvalue weighted by molar-refractivity contribution is 5.92. The van der Waals surface area contributed by atoms with Crippen molar-refractivity contribution in [1.82, 2.24) is 9.47 Å². The van der Waals surface area contributed by atoms with Crippen molar-refractivity contribution in [3.63, 3.8) is 0 Å². The minimum atomic E-state index is -0.634. The van der Waals surface area contributed by atoms with Gasteiger partial charge in [-0.25, -0.2) is 8.78 Å². The first kappa shape index (κ1) is 17.3. The van der Waals surface area contributed by atoms with Crippen molar-refractivity contribution in [3.8, 4) is 5.69 Å². The number of hydrogen-bond donors (Lipinski definition) is 1. The Labute approximate surface area is 143 Å². The summed E-state index contributed by atoms with van der Waals surface area (Å²) in [6.45, 7) is 0.219. The molecule has 1 aliphatic rings. The molecule has 1 aliphatic heterocycles. The number of nitrogens with one attached hydrogen (secondary N) is 1. The lowest BCUT2D eigenvalue weighted by molar-refractivity contribution is -0.117. The van der Waals surface area contributed by atoms with Gasteiger partial charge in [-0.1, -0.05) is 6.07 Å². The van der Waals surface area contributed by atoms with Gasteiger partial charge >= 0.3 is 0 Å². The van der Waals surface area contributed by atoms with Crippen LogP contribution in [-0.4, -0.2) is 41.2 Å². The number of carbonyl (C=O) groups is 1. The van der Waals surface area contributed by atoms with Crippen LogP contribution < -0.4 is 10.9 Å². The van der Waals surface area contributed by atoms with Gasteiger partial charge in [-0.05, 0) is 37.6 Å². The third-order valence-corrected chi connectivity index (χ3v) is 4.35. The molecule has 25 heavy (non-hydrogen) atoms. The quantitative estimate of drug-likeness (QED) is 0.903. The maximum Gasteiger partial charge on any atom is 0.255 e. The fraction of sp³-hybridized carbons (Fsp3) is 0.333. The molecule has 0 spiro atoms. The van der Waals surface area contributed by atoms with E-state index in [4.69, 9.17) is 0 Å². The Morgan fingerprint density at radius 3 is 2.84 bits per heavy atom. The molecular weight excluding hydrogens is 328 g/mol. The summed E-state index contributed by atoms with van der Waals surface area (Å²) in [7, 11) is 0. The van der Waals surface area contributed by atoms with Crippen molar-refractivity contribution < 1.29 is 13.6 Å². The molecule has 3 rings (SSSR count). The van der Waals surface area contributed by atoms with Gasteiger partial charge in [0.05, 0.1) is 17.9 Å². The fourth-order valence-electron chi connectivity index (χ4n) is 3.05. The lowest BCUT2D eigenvalue weighted by Crippen LogP contribution is -2.37. The van der Waals surface area contributed by atoms with Gasteiger partial charge in [-0.3, -0.25) is 19.1 Å². The molecule has 7 heteroatoms. The zero-order chi connectivity index (χ0) is 17.8. The Balaban J connectivity index is 1.70. The number of alkyl halides is 1. The number of carbonyl (C=O) groups excluding carboxylic acids is 1. The summed E-state index contributed by atoms with van der Waals surface area (Å²) in [6.07, 6.45) is 3.13. The monoisotopic (exact) mass is 347 g/mol. The number of halogens is 2. The van der Waals surface area contributed by atoms with Gasteiger partial charge in [0.1, 0.15) is 12.5 Å². The Morgan fingerprint density at radius 1 is 1.28 bits per heavy atom. The average Bonchev–Trinajstić information content (AvgIpc) is 3.04. The van der Waals surface area contributed by atoms with Crippen molar-refractivity contribution in [2.75, 3.05) is 25.1 Å². The zero-order valence-corrected chi connectivity index (χ0v) is 13.6. The predicted molar refractivity (Wildman–Crippen MR) is 91.2 cm³/mol. The van der Waals surface area contributed by atoms with E-state index in [0.717, 1.165) is 12.8 Å². The van der Waals surface area contributed by atoms with Crippen LogP contribution in [-0.2, 0) is 4.79 Å². The Kier molecular flexibility index (Phi) is 5.23. The molecule has 1 N–H and O–H groups in total. The van der Waals surface area contributed by atoms with Crippen molar-refractivity contribution in [2.45, 2.75) is 18.9 Å². The van der Waals surface area contributed by atoms with Crippen LogP contribution in [0, 0.1) is 5.82 Å². The number of pyridine rings is 1. The van der Waals surface area contributed by atoms with Gasteiger partial charge in [-0.2, -0.15) is 0 Å². The summed E-state index contributed by atoms with van der Waals surface area (Å²) < 4.78 is 28.5. The maximum atomic E-state index is 14.3. The number of likely N-dealkylation sites (tertiary alicyclic amines) is 1. The highest BCUT2D eigenvalue weighted by Crippen LogP contribution is 2.20. The van der Waals surface area contributed by atoms with Gasteiger partial charge in [-0.15, -0.1) is 0 Å². The third-order valence-electron chi connectivity index (χ3n) is 4.35. The molecule has 1 atom stereocenters. The molecule has 2 aromatic rings. The topological polar surface area (TPSA) is 54.3 Å². The number of aromatic nitrogens is 1. The highest BCUT2D eigenvalue weighted by Gasteiger charge is 2.26. The lowest BCUT2D eigenvalue weighted by Gasteiger charge is -2.21. The van der Waals surface area contributed by atoms with Crippen LogP contribution in [0.5, 0.6) is 0 Å². The highest BCUT2D eigenvalue weighted by atomic mass is 19.1.